The molecule has 0 aliphatic rings. The summed E-state index contributed by atoms with van der Waals surface area (Å²) in [5.74, 6) is 0. The van der Waals surface area contributed by atoms with Crippen LogP contribution in [0.15, 0.2) is 0 Å². The van der Waals surface area contributed by atoms with Crippen LogP contribution in [0, 0.1) is 0 Å². The standard InChI is InChI=1S/C6H16O4Si/c1-4-6(3,7)11(8,9)10-5-2/h7-9H,4-5H2,1-3H3/t6-/m1/s1. The highest BCUT2D eigenvalue weighted by atomic mass is 28.4. The lowest BCUT2D eigenvalue weighted by Gasteiger charge is -2.30. The Labute approximate surface area is 67.8 Å². The summed E-state index contributed by atoms with van der Waals surface area (Å²) in [6.45, 7) is 4.90. The molecule has 0 bridgehead atoms. The van der Waals surface area contributed by atoms with Crippen LogP contribution in [0.5, 0.6) is 0 Å². The van der Waals surface area contributed by atoms with E-state index in [4.69, 9.17) is 0 Å². The fraction of sp³-hybridized carbons (Fsp3) is 1.00. The maximum Gasteiger partial charge on any atom is 0.528 e. The van der Waals surface area contributed by atoms with Gasteiger partial charge in [-0.2, -0.15) is 0 Å². The van der Waals surface area contributed by atoms with E-state index < -0.39 is 14.0 Å². The van der Waals surface area contributed by atoms with Gasteiger partial charge in [-0.05, 0) is 20.3 Å². The molecule has 4 nitrogen and oxygen atoms in total. The number of aliphatic hydroxyl groups is 1. The smallest absolute Gasteiger partial charge is 0.388 e. The second kappa shape index (κ2) is 3.64. The number of hydrogen-bond donors (Lipinski definition) is 3. The Morgan fingerprint density at radius 2 is 1.82 bits per heavy atom. The molecular weight excluding hydrogens is 164 g/mol. The molecule has 11 heavy (non-hydrogen) atoms. The monoisotopic (exact) mass is 180 g/mol. The highest BCUT2D eigenvalue weighted by molar-refractivity contribution is 6.60. The summed E-state index contributed by atoms with van der Waals surface area (Å²) in [5.41, 5.74) is 0. The first-order valence-corrected chi connectivity index (χ1v) is 5.48. The SMILES string of the molecule is CCO[Si](O)(O)[C@@](C)(O)CC. The van der Waals surface area contributed by atoms with Crippen molar-refractivity contribution in [2.75, 3.05) is 6.61 Å². The molecule has 0 radical (unpaired) electrons. The van der Waals surface area contributed by atoms with Gasteiger partial charge < -0.3 is 19.1 Å². The van der Waals surface area contributed by atoms with E-state index in [-0.39, 0.29) is 13.0 Å². The zero-order valence-corrected chi connectivity index (χ0v) is 8.16. The molecule has 5 heteroatoms. The molecule has 0 aromatic heterocycles. The first-order valence-electron chi connectivity index (χ1n) is 3.68. The highest BCUT2D eigenvalue weighted by Crippen LogP contribution is 2.19. The molecule has 0 heterocycles. The van der Waals surface area contributed by atoms with E-state index in [1.54, 1.807) is 13.8 Å². The minimum Gasteiger partial charge on any atom is -0.388 e. The predicted octanol–water partition coefficient (Wildman–Crippen LogP) is -0.353. The molecule has 0 aromatic rings. The lowest BCUT2D eigenvalue weighted by molar-refractivity contribution is 0.0182. The molecule has 0 unspecified atom stereocenters. The molecule has 68 valence electrons. The van der Waals surface area contributed by atoms with E-state index in [0.29, 0.717) is 0 Å². The molecule has 1 atom stereocenters. The maximum atomic E-state index is 9.42. The van der Waals surface area contributed by atoms with Crippen molar-refractivity contribution in [2.45, 2.75) is 32.4 Å². The van der Waals surface area contributed by atoms with Gasteiger partial charge in [-0.15, -0.1) is 0 Å². The Morgan fingerprint density at radius 3 is 2.09 bits per heavy atom. The predicted molar refractivity (Wildman–Crippen MR) is 42.7 cm³/mol. The lowest BCUT2D eigenvalue weighted by atomic mass is 10.3. The van der Waals surface area contributed by atoms with Gasteiger partial charge in [0, 0.05) is 6.61 Å². The summed E-state index contributed by atoms with van der Waals surface area (Å²) in [7, 11) is -3.88. The summed E-state index contributed by atoms with van der Waals surface area (Å²) < 4.78 is 4.69. The van der Waals surface area contributed by atoms with Gasteiger partial charge in [-0.1, -0.05) is 6.92 Å². The Kier molecular flexibility index (Phi) is 3.66. The minimum absolute atomic E-state index is 0.204. The van der Waals surface area contributed by atoms with Crippen LogP contribution in [0.4, 0.5) is 0 Å². The molecule has 0 amide bonds. The van der Waals surface area contributed by atoms with E-state index in [1.165, 1.54) is 6.92 Å². The number of hydrogen-bond acceptors (Lipinski definition) is 4. The molecule has 0 rings (SSSR count). The third kappa shape index (κ3) is 2.53. The second-order valence-corrected chi connectivity index (χ2v) is 5.25. The third-order valence-electron chi connectivity index (χ3n) is 1.74. The van der Waals surface area contributed by atoms with Gasteiger partial charge in [0.05, 0.1) is 0 Å². The van der Waals surface area contributed by atoms with Crippen LogP contribution in [0.25, 0.3) is 0 Å². The van der Waals surface area contributed by atoms with Crippen LogP contribution in [0.2, 0.25) is 0 Å². The maximum absolute atomic E-state index is 9.42. The van der Waals surface area contributed by atoms with E-state index >= 15 is 0 Å². The van der Waals surface area contributed by atoms with Crippen molar-refractivity contribution in [3.05, 3.63) is 0 Å². The van der Waals surface area contributed by atoms with Gasteiger partial charge in [0.15, 0.2) is 0 Å². The third-order valence-corrected chi connectivity index (χ3v) is 4.18. The van der Waals surface area contributed by atoms with Crippen LogP contribution in [-0.4, -0.2) is 35.3 Å². The molecule has 0 aliphatic carbocycles. The van der Waals surface area contributed by atoms with E-state index in [9.17, 15) is 14.7 Å². The van der Waals surface area contributed by atoms with E-state index in [1.807, 2.05) is 0 Å². The summed E-state index contributed by atoms with van der Waals surface area (Å²) in [4.78, 5) is 18.5. The summed E-state index contributed by atoms with van der Waals surface area (Å²) in [5, 5.41) is 7.94. The highest BCUT2D eigenvalue weighted by Gasteiger charge is 2.51. The average molecular weight is 180 g/mol. The van der Waals surface area contributed by atoms with Gasteiger partial charge in [0.1, 0.15) is 5.22 Å². The zero-order valence-electron chi connectivity index (χ0n) is 7.16. The minimum atomic E-state index is -3.88. The fourth-order valence-electron chi connectivity index (χ4n) is 0.587. The molecule has 0 aromatic carbocycles. The van der Waals surface area contributed by atoms with Crippen LogP contribution in [-0.2, 0) is 4.43 Å². The molecule has 0 aliphatic heterocycles. The summed E-state index contributed by atoms with van der Waals surface area (Å²) in [6, 6.07) is 0. The van der Waals surface area contributed by atoms with Crippen molar-refractivity contribution < 1.29 is 19.1 Å². The Morgan fingerprint density at radius 1 is 1.36 bits per heavy atom. The van der Waals surface area contributed by atoms with Gasteiger partial charge in [0.2, 0.25) is 0 Å². The van der Waals surface area contributed by atoms with Crippen molar-refractivity contribution in [2.24, 2.45) is 0 Å². The fourth-order valence-corrected chi connectivity index (χ4v) is 1.76. The van der Waals surface area contributed by atoms with Crippen molar-refractivity contribution in [3.8, 4) is 0 Å². The molecule has 0 fully saturated rings. The van der Waals surface area contributed by atoms with Crippen LogP contribution in [0.3, 0.4) is 0 Å². The molecule has 0 saturated heterocycles. The average Bonchev–Trinajstić information content (AvgIpc) is 1.87. The van der Waals surface area contributed by atoms with Crippen molar-refractivity contribution >= 4 is 8.80 Å². The first kappa shape index (κ1) is 11.1. The van der Waals surface area contributed by atoms with Crippen molar-refractivity contribution in [1.82, 2.24) is 0 Å². The van der Waals surface area contributed by atoms with Gasteiger partial charge in [-0.25, -0.2) is 0 Å². The van der Waals surface area contributed by atoms with Gasteiger partial charge in [-0.3, -0.25) is 0 Å². The van der Waals surface area contributed by atoms with E-state index in [0.717, 1.165) is 0 Å². The van der Waals surface area contributed by atoms with Crippen LogP contribution in [0.1, 0.15) is 27.2 Å². The van der Waals surface area contributed by atoms with Crippen molar-refractivity contribution in [3.63, 3.8) is 0 Å². The summed E-state index contributed by atoms with van der Waals surface area (Å²) in [6.07, 6.45) is 0.270. The Hall–Kier alpha value is 0.0569. The quantitative estimate of drug-likeness (QED) is 0.517. The topological polar surface area (TPSA) is 69.9 Å². The first-order chi connectivity index (χ1) is 4.87. The normalized spacial score (nSPS) is 18.0. The largest absolute Gasteiger partial charge is 0.528 e. The molecular formula is C6H16O4Si. The van der Waals surface area contributed by atoms with Crippen molar-refractivity contribution in [1.29, 1.82) is 0 Å². The Balaban J connectivity index is 4.26. The molecule has 0 spiro atoms. The molecule has 3 N–H and O–H groups in total. The lowest BCUT2D eigenvalue weighted by Crippen LogP contribution is -2.59. The second-order valence-electron chi connectivity index (χ2n) is 2.67. The molecule has 0 saturated carbocycles. The zero-order chi connectivity index (χ0) is 9.12. The van der Waals surface area contributed by atoms with Crippen LogP contribution >= 0.6 is 0 Å². The number of rotatable bonds is 4. The van der Waals surface area contributed by atoms with Crippen LogP contribution < -0.4 is 0 Å². The van der Waals surface area contributed by atoms with Gasteiger partial charge >= 0.3 is 8.80 Å². The summed E-state index contributed by atoms with van der Waals surface area (Å²) >= 11 is 0. The van der Waals surface area contributed by atoms with Gasteiger partial charge in [0.25, 0.3) is 0 Å². The van der Waals surface area contributed by atoms with E-state index in [2.05, 4.69) is 4.43 Å². The Bertz CT molecular complexity index is 124.